The van der Waals surface area contributed by atoms with Gasteiger partial charge in [0.25, 0.3) is 0 Å². The predicted octanol–water partition coefficient (Wildman–Crippen LogP) is 4.24. The molecule has 1 N–H and O–H groups in total. The number of hydrogen-bond acceptors (Lipinski definition) is 5. The van der Waals surface area contributed by atoms with E-state index in [0.29, 0.717) is 28.3 Å². The number of benzene rings is 2. The Kier molecular flexibility index (Phi) is 7.26. The van der Waals surface area contributed by atoms with Crippen molar-refractivity contribution in [3.8, 4) is 5.75 Å². The largest absolute Gasteiger partial charge is 0.534 e. The normalized spacial score (nSPS) is 12.5. The summed E-state index contributed by atoms with van der Waals surface area (Å²) >= 11 is 5.88. The van der Waals surface area contributed by atoms with Gasteiger partial charge in [-0.3, -0.25) is 4.79 Å². The summed E-state index contributed by atoms with van der Waals surface area (Å²) in [4.78, 5) is 11.7. The molecule has 0 fully saturated rings. The summed E-state index contributed by atoms with van der Waals surface area (Å²) in [5.74, 6) is -0.827. The quantitative estimate of drug-likeness (QED) is 0.297. The van der Waals surface area contributed by atoms with Crippen LogP contribution in [0.2, 0.25) is 5.02 Å². The molecule has 11 heteroatoms. The third-order valence-corrected chi connectivity index (χ3v) is 4.74. The first-order valence-corrected chi connectivity index (χ1v) is 10.1. The van der Waals surface area contributed by atoms with Crippen LogP contribution in [-0.2, 0) is 14.9 Å². The minimum absolute atomic E-state index is 0.263. The molecule has 0 aliphatic heterocycles. The fraction of sp³-hybridized carbons (Fsp3) is 0.222. The maximum absolute atomic E-state index is 12.4. The van der Waals surface area contributed by atoms with Crippen molar-refractivity contribution in [3.05, 3.63) is 64.7 Å². The van der Waals surface area contributed by atoms with E-state index >= 15 is 0 Å². The molecule has 2 rings (SSSR count). The molecule has 0 saturated heterocycles. The van der Waals surface area contributed by atoms with E-state index in [4.69, 9.17) is 11.6 Å². The van der Waals surface area contributed by atoms with Gasteiger partial charge in [0.15, 0.2) is 0 Å². The summed E-state index contributed by atoms with van der Waals surface area (Å²) in [6, 6.07) is 11.2. The van der Waals surface area contributed by atoms with Crippen LogP contribution in [0.1, 0.15) is 30.9 Å². The molecule has 0 heterocycles. The van der Waals surface area contributed by atoms with Crippen molar-refractivity contribution in [1.29, 1.82) is 0 Å². The van der Waals surface area contributed by atoms with E-state index in [-0.39, 0.29) is 12.3 Å². The second kappa shape index (κ2) is 9.27. The summed E-state index contributed by atoms with van der Waals surface area (Å²) in [5, 5.41) is 4.57. The molecular weight excluding hydrogens is 433 g/mol. The third kappa shape index (κ3) is 6.20. The van der Waals surface area contributed by atoms with Gasteiger partial charge in [0.05, 0.1) is 5.71 Å². The zero-order chi connectivity index (χ0) is 21.7. The van der Waals surface area contributed by atoms with Gasteiger partial charge in [0, 0.05) is 22.6 Å². The molecule has 156 valence electrons. The van der Waals surface area contributed by atoms with Gasteiger partial charge in [-0.05, 0) is 42.8 Å². The molecule has 0 aliphatic carbocycles. The Morgan fingerprint density at radius 3 is 2.07 bits per heavy atom. The molecular formula is C18H16ClF3N2O4S. The van der Waals surface area contributed by atoms with Crippen molar-refractivity contribution in [3.63, 3.8) is 0 Å². The monoisotopic (exact) mass is 448 g/mol. The van der Waals surface area contributed by atoms with E-state index in [2.05, 4.69) is 14.7 Å². The Morgan fingerprint density at radius 1 is 1.07 bits per heavy atom. The van der Waals surface area contributed by atoms with Crippen LogP contribution in [0.5, 0.6) is 5.75 Å². The minimum atomic E-state index is -5.77. The third-order valence-electron chi connectivity index (χ3n) is 3.50. The molecule has 0 radical (unpaired) electrons. The van der Waals surface area contributed by atoms with Crippen LogP contribution >= 0.6 is 11.6 Å². The highest BCUT2D eigenvalue weighted by molar-refractivity contribution is 7.88. The van der Waals surface area contributed by atoms with Gasteiger partial charge in [0.1, 0.15) is 5.75 Å². The molecule has 2 aromatic carbocycles. The number of hydrogen-bond donors (Lipinski definition) is 1. The molecule has 6 nitrogen and oxygen atoms in total. The number of nitrogens with one attached hydrogen (secondary N) is 1. The van der Waals surface area contributed by atoms with Crippen molar-refractivity contribution in [2.75, 3.05) is 0 Å². The first kappa shape index (κ1) is 22.7. The molecule has 0 aliphatic rings. The Hall–Kier alpha value is -2.59. The van der Waals surface area contributed by atoms with Gasteiger partial charge in [0.2, 0.25) is 5.91 Å². The van der Waals surface area contributed by atoms with Gasteiger partial charge < -0.3 is 4.18 Å². The highest BCUT2D eigenvalue weighted by Gasteiger charge is 2.48. The summed E-state index contributed by atoms with van der Waals surface area (Å²) in [6.07, 6.45) is 0.886. The Balaban J connectivity index is 2.35. The highest BCUT2D eigenvalue weighted by Crippen LogP contribution is 2.27. The zero-order valence-electron chi connectivity index (χ0n) is 15.0. The number of nitrogens with zero attached hydrogens (tertiary/aromatic N) is 1. The van der Waals surface area contributed by atoms with Crippen LogP contribution in [0.15, 0.2) is 53.6 Å². The van der Waals surface area contributed by atoms with Crippen LogP contribution in [-0.4, -0.2) is 25.5 Å². The standard InChI is InChI=1S/C18H16ClF3N2O4S/c1-2-3-16(25)23-24-17(12-4-8-14(19)9-5-12)13-6-10-15(11-7-13)28-29(26,27)18(20,21)22/h4-11H,2-3H2,1H3,(H,23,25)/b24-17+. The number of halogens is 4. The van der Waals surface area contributed by atoms with Crippen molar-refractivity contribution in [2.24, 2.45) is 5.10 Å². The lowest BCUT2D eigenvalue weighted by Gasteiger charge is -2.11. The number of hydrazone groups is 1. The van der Waals surface area contributed by atoms with Gasteiger partial charge in [-0.15, -0.1) is 0 Å². The maximum Gasteiger partial charge on any atom is 0.534 e. The topological polar surface area (TPSA) is 84.8 Å². The van der Waals surface area contributed by atoms with Gasteiger partial charge in [-0.2, -0.15) is 26.7 Å². The summed E-state index contributed by atoms with van der Waals surface area (Å²) in [6.45, 7) is 1.83. The van der Waals surface area contributed by atoms with Crippen molar-refractivity contribution < 1.29 is 30.6 Å². The van der Waals surface area contributed by atoms with E-state index in [1.165, 1.54) is 12.1 Å². The van der Waals surface area contributed by atoms with Crippen molar-refractivity contribution in [1.82, 2.24) is 5.43 Å². The average Bonchev–Trinajstić information content (AvgIpc) is 2.63. The zero-order valence-corrected chi connectivity index (χ0v) is 16.6. The fourth-order valence-corrected chi connectivity index (χ4v) is 2.73. The number of rotatable bonds is 7. The highest BCUT2D eigenvalue weighted by atomic mass is 35.5. The maximum atomic E-state index is 12.4. The Labute approximate surface area is 170 Å². The number of carbonyl (C=O) groups is 1. The van der Waals surface area contributed by atoms with Crippen LogP contribution in [0.3, 0.4) is 0 Å². The second-order valence-electron chi connectivity index (χ2n) is 5.76. The molecule has 2 aromatic rings. The lowest BCUT2D eigenvalue weighted by Crippen LogP contribution is -2.28. The molecule has 0 saturated carbocycles. The summed E-state index contributed by atoms with van der Waals surface area (Å²) < 4.78 is 63.6. The number of amides is 1. The Morgan fingerprint density at radius 2 is 1.59 bits per heavy atom. The van der Waals surface area contributed by atoms with Crippen molar-refractivity contribution >= 4 is 33.3 Å². The molecule has 0 aromatic heterocycles. The van der Waals surface area contributed by atoms with Crippen molar-refractivity contribution in [2.45, 2.75) is 25.3 Å². The molecule has 0 unspecified atom stereocenters. The van der Waals surface area contributed by atoms with Crippen LogP contribution < -0.4 is 9.61 Å². The second-order valence-corrected chi connectivity index (χ2v) is 7.73. The smallest absolute Gasteiger partial charge is 0.376 e. The lowest BCUT2D eigenvalue weighted by molar-refractivity contribution is -0.121. The molecule has 0 spiro atoms. The first-order chi connectivity index (χ1) is 13.5. The van der Waals surface area contributed by atoms with E-state index < -0.39 is 21.4 Å². The SMILES string of the molecule is CCCC(=O)N/N=C(\c1ccc(Cl)cc1)c1ccc(OS(=O)(=O)C(F)(F)F)cc1. The van der Waals surface area contributed by atoms with Crippen LogP contribution in [0.25, 0.3) is 0 Å². The lowest BCUT2D eigenvalue weighted by atomic mass is 10.0. The minimum Gasteiger partial charge on any atom is -0.376 e. The van der Waals surface area contributed by atoms with E-state index in [9.17, 15) is 26.4 Å². The van der Waals surface area contributed by atoms with Gasteiger partial charge >= 0.3 is 15.6 Å². The van der Waals surface area contributed by atoms with Crippen LogP contribution in [0, 0.1) is 0 Å². The van der Waals surface area contributed by atoms with E-state index in [1.54, 1.807) is 24.3 Å². The molecule has 1 amide bonds. The Bertz CT molecular complexity index is 989. The molecule has 0 bridgehead atoms. The number of alkyl halides is 3. The molecule has 0 atom stereocenters. The van der Waals surface area contributed by atoms with Crippen LogP contribution in [0.4, 0.5) is 13.2 Å². The predicted molar refractivity (Wildman–Crippen MR) is 102 cm³/mol. The van der Waals surface area contributed by atoms with Gasteiger partial charge in [-0.25, -0.2) is 5.43 Å². The average molecular weight is 449 g/mol. The van der Waals surface area contributed by atoms with E-state index in [1.807, 2.05) is 6.92 Å². The summed E-state index contributed by atoms with van der Waals surface area (Å²) in [7, 11) is -5.77. The first-order valence-electron chi connectivity index (χ1n) is 8.27. The van der Waals surface area contributed by atoms with Gasteiger partial charge in [-0.1, -0.05) is 30.7 Å². The summed E-state index contributed by atoms with van der Waals surface area (Å²) in [5.41, 5.74) is -1.85. The number of carbonyl (C=O) groups excluding carboxylic acids is 1. The molecule has 29 heavy (non-hydrogen) atoms. The fourth-order valence-electron chi connectivity index (χ4n) is 2.15. The van der Waals surface area contributed by atoms with E-state index in [0.717, 1.165) is 12.1 Å².